The predicted octanol–water partition coefficient (Wildman–Crippen LogP) is 4.01. The summed E-state index contributed by atoms with van der Waals surface area (Å²) in [6, 6.07) is 15.4. The van der Waals surface area contributed by atoms with Crippen LogP contribution in [0.4, 0.5) is 0 Å². The van der Waals surface area contributed by atoms with Crippen molar-refractivity contribution in [2.24, 2.45) is 4.40 Å². The van der Waals surface area contributed by atoms with E-state index in [-0.39, 0.29) is 10.8 Å². The minimum atomic E-state index is -3.81. The normalized spacial score (nSPS) is 12.2. The fraction of sp³-hybridized carbons (Fsp3) is 0.188. The molecule has 6 heteroatoms. The summed E-state index contributed by atoms with van der Waals surface area (Å²) in [6.45, 7) is 2.36. The maximum atomic E-state index is 12.4. The highest BCUT2D eigenvalue weighted by Crippen LogP contribution is 2.18. The smallest absolute Gasteiger partial charge is 0.285 e. The van der Waals surface area contributed by atoms with E-state index < -0.39 is 10.0 Å². The third-order valence-electron chi connectivity index (χ3n) is 2.78. The third-order valence-corrected chi connectivity index (χ3v) is 4.58. The van der Waals surface area contributed by atoms with Crippen molar-refractivity contribution in [3.63, 3.8) is 0 Å². The average Bonchev–Trinajstić information content (AvgIpc) is 2.52. The lowest BCUT2D eigenvalue weighted by molar-refractivity contribution is 0.306. The Morgan fingerprint density at radius 3 is 2.32 bits per heavy atom. The molecule has 0 amide bonds. The molecule has 0 aliphatic carbocycles. The van der Waals surface area contributed by atoms with Crippen molar-refractivity contribution in [3.8, 4) is 0 Å². The Kier molecular flexibility index (Phi) is 5.74. The van der Waals surface area contributed by atoms with Crippen LogP contribution in [0.2, 0.25) is 0 Å². The highest BCUT2D eigenvalue weighted by Gasteiger charge is 2.16. The first-order chi connectivity index (χ1) is 10.5. The molecule has 22 heavy (non-hydrogen) atoms. The van der Waals surface area contributed by atoms with Gasteiger partial charge in [-0.1, -0.05) is 41.1 Å². The van der Waals surface area contributed by atoms with E-state index in [1.807, 2.05) is 25.1 Å². The number of sulfonamides is 1. The summed E-state index contributed by atoms with van der Waals surface area (Å²) < 4.78 is 35.0. The van der Waals surface area contributed by atoms with Crippen molar-refractivity contribution >= 4 is 31.9 Å². The van der Waals surface area contributed by atoms with Crippen molar-refractivity contribution < 1.29 is 13.2 Å². The number of hydrogen-bond acceptors (Lipinski definition) is 3. The molecule has 116 valence electrons. The van der Waals surface area contributed by atoms with Crippen molar-refractivity contribution in [2.45, 2.75) is 18.2 Å². The van der Waals surface area contributed by atoms with Gasteiger partial charge in [0.15, 0.2) is 0 Å². The molecule has 0 atom stereocenters. The first kappa shape index (κ1) is 16.7. The molecule has 4 nitrogen and oxygen atoms in total. The summed E-state index contributed by atoms with van der Waals surface area (Å²) in [5, 5.41) is 0. The van der Waals surface area contributed by atoms with Gasteiger partial charge < -0.3 is 4.74 Å². The van der Waals surface area contributed by atoms with Crippen molar-refractivity contribution in [3.05, 3.63) is 64.6 Å². The second-order valence-electron chi connectivity index (χ2n) is 4.54. The monoisotopic (exact) mass is 381 g/mol. The van der Waals surface area contributed by atoms with Crippen LogP contribution in [0.3, 0.4) is 0 Å². The second-order valence-corrected chi connectivity index (χ2v) is 7.06. The molecule has 0 saturated heterocycles. The molecule has 0 heterocycles. The molecule has 0 bridgehead atoms. The zero-order valence-electron chi connectivity index (χ0n) is 12.1. The van der Waals surface area contributed by atoms with E-state index in [9.17, 15) is 8.42 Å². The van der Waals surface area contributed by atoms with Gasteiger partial charge in [-0.2, -0.15) is 8.42 Å². The number of ether oxygens (including phenoxy) is 1. The van der Waals surface area contributed by atoms with E-state index in [0.29, 0.717) is 12.2 Å². The van der Waals surface area contributed by atoms with Crippen LogP contribution in [-0.4, -0.2) is 20.9 Å². The number of benzene rings is 2. The number of nitrogens with zero attached hydrogens (tertiary/aromatic N) is 1. The molecule has 0 aromatic heterocycles. The maximum Gasteiger partial charge on any atom is 0.285 e. The fourth-order valence-corrected chi connectivity index (χ4v) is 2.94. The van der Waals surface area contributed by atoms with Crippen LogP contribution in [-0.2, 0) is 14.8 Å². The van der Waals surface area contributed by atoms with E-state index in [1.165, 1.54) is 12.1 Å². The topological polar surface area (TPSA) is 55.7 Å². The quantitative estimate of drug-likeness (QED) is 0.580. The van der Waals surface area contributed by atoms with Crippen LogP contribution in [0.15, 0.2) is 68.4 Å². The molecule has 2 aromatic rings. The molecule has 0 aliphatic heterocycles. The van der Waals surface area contributed by atoms with Crippen LogP contribution in [0.1, 0.15) is 18.9 Å². The van der Waals surface area contributed by atoms with Gasteiger partial charge in [0.2, 0.25) is 5.90 Å². The molecule has 0 N–H and O–H groups in total. The van der Waals surface area contributed by atoms with Gasteiger partial charge >= 0.3 is 0 Å². The summed E-state index contributed by atoms with van der Waals surface area (Å²) in [4.78, 5) is 0.129. The molecule has 2 aromatic carbocycles. The van der Waals surface area contributed by atoms with Gasteiger partial charge in [-0.05, 0) is 42.8 Å². The van der Waals surface area contributed by atoms with Gasteiger partial charge in [-0.3, -0.25) is 0 Å². The third kappa shape index (κ3) is 4.42. The lowest BCUT2D eigenvalue weighted by atomic mass is 10.2. The second kappa shape index (κ2) is 7.56. The van der Waals surface area contributed by atoms with Crippen LogP contribution in [0.5, 0.6) is 0 Å². The number of rotatable bonds is 5. The molecule has 0 unspecified atom stereocenters. The number of hydrogen-bond donors (Lipinski definition) is 0. The molecular formula is C16H16BrNO3S. The van der Waals surface area contributed by atoms with Gasteiger partial charge in [0.05, 0.1) is 11.5 Å². The Hall–Kier alpha value is -1.66. The van der Waals surface area contributed by atoms with E-state index >= 15 is 0 Å². The first-order valence-corrected chi connectivity index (χ1v) is 9.05. The summed E-state index contributed by atoms with van der Waals surface area (Å²) >= 11 is 3.28. The Balaban J connectivity index is 2.41. The predicted molar refractivity (Wildman–Crippen MR) is 90.5 cm³/mol. The molecule has 0 spiro atoms. The van der Waals surface area contributed by atoms with Crippen LogP contribution < -0.4 is 0 Å². The Bertz CT molecular complexity index is 741. The van der Waals surface area contributed by atoms with Crippen molar-refractivity contribution in [2.75, 3.05) is 6.61 Å². The molecule has 2 rings (SSSR count). The zero-order chi connectivity index (χ0) is 16.0. The summed E-state index contributed by atoms with van der Waals surface area (Å²) in [7, 11) is -3.81. The Morgan fingerprint density at radius 1 is 1.09 bits per heavy atom. The highest BCUT2D eigenvalue weighted by atomic mass is 79.9. The van der Waals surface area contributed by atoms with E-state index in [0.717, 1.165) is 10.9 Å². The molecular weight excluding hydrogens is 366 g/mol. The maximum absolute atomic E-state index is 12.4. The standard InChI is InChI=1S/C16H16BrNO3S/c1-2-12-21-16(13-6-4-3-5-7-13)18-22(19,20)15-10-8-14(17)9-11-15/h3-11H,2,12H2,1H3/b18-16-. The van der Waals surface area contributed by atoms with E-state index in [2.05, 4.69) is 20.3 Å². The van der Waals surface area contributed by atoms with Gasteiger partial charge in [0, 0.05) is 10.0 Å². The highest BCUT2D eigenvalue weighted by molar-refractivity contribution is 9.10. The summed E-state index contributed by atoms with van der Waals surface area (Å²) in [5.74, 6) is 0.116. The van der Waals surface area contributed by atoms with Gasteiger partial charge in [0.1, 0.15) is 0 Å². The van der Waals surface area contributed by atoms with Gasteiger partial charge in [-0.25, -0.2) is 0 Å². The Morgan fingerprint density at radius 2 is 1.73 bits per heavy atom. The summed E-state index contributed by atoms with van der Waals surface area (Å²) in [6.07, 6.45) is 0.768. The minimum Gasteiger partial charge on any atom is -0.477 e. The first-order valence-electron chi connectivity index (χ1n) is 6.81. The SMILES string of the molecule is CCCO/C(=N\S(=O)(=O)c1ccc(Br)cc1)c1ccccc1. The minimum absolute atomic E-state index is 0.116. The van der Waals surface area contributed by atoms with Crippen molar-refractivity contribution in [1.82, 2.24) is 0 Å². The molecule has 0 saturated carbocycles. The van der Waals surface area contributed by atoms with E-state index in [1.54, 1.807) is 24.3 Å². The lowest BCUT2D eigenvalue weighted by Gasteiger charge is -2.09. The van der Waals surface area contributed by atoms with Crippen LogP contribution >= 0.6 is 15.9 Å². The van der Waals surface area contributed by atoms with Crippen LogP contribution in [0.25, 0.3) is 0 Å². The molecule has 0 fully saturated rings. The molecule has 0 aliphatic rings. The summed E-state index contributed by atoms with van der Waals surface area (Å²) in [5.41, 5.74) is 0.636. The van der Waals surface area contributed by atoms with Gasteiger partial charge in [-0.15, -0.1) is 4.40 Å². The lowest BCUT2D eigenvalue weighted by Crippen LogP contribution is -2.11. The number of halogens is 1. The zero-order valence-corrected chi connectivity index (χ0v) is 14.5. The largest absolute Gasteiger partial charge is 0.477 e. The van der Waals surface area contributed by atoms with E-state index in [4.69, 9.17) is 4.74 Å². The van der Waals surface area contributed by atoms with Gasteiger partial charge in [0.25, 0.3) is 10.0 Å². The fourth-order valence-electron chi connectivity index (χ4n) is 1.71. The van der Waals surface area contributed by atoms with Crippen molar-refractivity contribution in [1.29, 1.82) is 0 Å². The molecule has 0 radical (unpaired) electrons. The average molecular weight is 382 g/mol. The Labute approximate surface area is 139 Å². The van der Waals surface area contributed by atoms with Crippen LogP contribution in [0, 0.1) is 0 Å².